The molecule has 19 heavy (non-hydrogen) atoms. The van der Waals surface area contributed by atoms with Crippen LogP contribution in [-0.2, 0) is 0 Å². The third kappa shape index (κ3) is 3.33. The lowest BCUT2D eigenvalue weighted by Crippen LogP contribution is -2.39. The van der Waals surface area contributed by atoms with Crippen LogP contribution in [0, 0.1) is 5.82 Å². The maximum Gasteiger partial charge on any atom is 0.491 e. The lowest BCUT2D eigenvalue weighted by molar-refractivity contribution is 0.0924. The molecule has 0 atom stereocenters. The summed E-state index contributed by atoms with van der Waals surface area (Å²) >= 11 is 0. The van der Waals surface area contributed by atoms with Crippen LogP contribution in [-0.4, -0.2) is 29.1 Å². The minimum Gasteiger partial charge on any atom is -0.423 e. The molecule has 0 radical (unpaired) electrons. The molecule has 0 aromatic heterocycles. The second-order valence-corrected chi connectivity index (χ2v) is 4.89. The van der Waals surface area contributed by atoms with Crippen LogP contribution in [0.1, 0.15) is 42.5 Å². The van der Waals surface area contributed by atoms with Gasteiger partial charge in [0.1, 0.15) is 5.82 Å². The van der Waals surface area contributed by atoms with Crippen LogP contribution in [0.2, 0.25) is 0 Å². The Balaban J connectivity index is 2.12. The van der Waals surface area contributed by atoms with Crippen molar-refractivity contribution >= 4 is 18.5 Å². The van der Waals surface area contributed by atoms with Crippen molar-refractivity contribution in [2.45, 2.75) is 38.1 Å². The number of nitrogens with one attached hydrogen (secondary N) is 1. The summed E-state index contributed by atoms with van der Waals surface area (Å²) in [5.74, 6) is -1.36. The van der Waals surface area contributed by atoms with Gasteiger partial charge in [0.2, 0.25) is 0 Å². The molecule has 1 saturated carbocycles. The van der Waals surface area contributed by atoms with E-state index in [1.54, 1.807) is 0 Å². The van der Waals surface area contributed by atoms with E-state index in [9.17, 15) is 9.18 Å². The molecule has 1 fully saturated rings. The zero-order valence-electron chi connectivity index (χ0n) is 10.6. The molecule has 4 nitrogen and oxygen atoms in total. The molecule has 0 aliphatic heterocycles. The van der Waals surface area contributed by atoms with Gasteiger partial charge in [0.25, 0.3) is 5.91 Å². The van der Waals surface area contributed by atoms with Crippen LogP contribution < -0.4 is 10.8 Å². The average molecular weight is 265 g/mol. The van der Waals surface area contributed by atoms with E-state index in [4.69, 9.17) is 10.0 Å². The second-order valence-electron chi connectivity index (χ2n) is 4.89. The predicted octanol–water partition coefficient (Wildman–Crippen LogP) is 0.568. The van der Waals surface area contributed by atoms with Gasteiger partial charge in [0.05, 0.1) is 5.56 Å². The highest BCUT2D eigenvalue weighted by Crippen LogP contribution is 2.18. The van der Waals surface area contributed by atoms with Gasteiger partial charge in [-0.3, -0.25) is 4.79 Å². The van der Waals surface area contributed by atoms with Gasteiger partial charge in [-0.15, -0.1) is 0 Å². The standard InChI is InChI=1S/C13H17BFNO3/c15-12-10(7-4-8-11(12)14(18)19)13(17)16-9-5-2-1-3-6-9/h4,7-9,18-19H,1-3,5-6H2,(H,16,17). The van der Waals surface area contributed by atoms with Crippen molar-refractivity contribution in [3.05, 3.63) is 29.6 Å². The van der Waals surface area contributed by atoms with Crippen molar-refractivity contribution in [3.63, 3.8) is 0 Å². The number of hydrogen-bond donors (Lipinski definition) is 3. The number of halogens is 1. The number of carbonyl (C=O) groups is 1. The van der Waals surface area contributed by atoms with Gasteiger partial charge in [-0.25, -0.2) is 4.39 Å². The molecule has 0 heterocycles. The Kier molecular flexibility index (Phi) is 4.55. The molecule has 6 heteroatoms. The van der Waals surface area contributed by atoms with E-state index in [0.717, 1.165) is 25.7 Å². The SMILES string of the molecule is O=C(NC1CCCCC1)c1cccc(B(O)O)c1F. The minimum atomic E-state index is -1.91. The Labute approximate surface area is 111 Å². The van der Waals surface area contributed by atoms with Gasteiger partial charge >= 0.3 is 7.12 Å². The maximum atomic E-state index is 13.9. The number of hydrogen-bond acceptors (Lipinski definition) is 3. The van der Waals surface area contributed by atoms with Gasteiger partial charge < -0.3 is 15.4 Å². The van der Waals surface area contributed by atoms with Crippen LogP contribution in [0.3, 0.4) is 0 Å². The smallest absolute Gasteiger partial charge is 0.423 e. The average Bonchev–Trinajstić information content (AvgIpc) is 2.39. The number of benzene rings is 1. The minimum absolute atomic E-state index is 0.0864. The molecule has 0 bridgehead atoms. The highest BCUT2D eigenvalue weighted by molar-refractivity contribution is 6.58. The molecule has 1 aliphatic rings. The monoisotopic (exact) mass is 265 g/mol. The summed E-state index contributed by atoms with van der Waals surface area (Å²) in [5, 5.41) is 20.8. The summed E-state index contributed by atoms with van der Waals surface area (Å²) in [6.45, 7) is 0. The summed E-state index contributed by atoms with van der Waals surface area (Å²) in [6, 6.07) is 4.12. The molecule has 0 saturated heterocycles. The highest BCUT2D eigenvalue weighted by Gasteiger charge is 2.23. The fraction of sp³-hybridized carbons (Fsp3) is 0.462. The topological polar surface area (TPSA) is 69.6 Å². The first kappa shape index (κ1) is 14.0. The summed E-state index contributed by atoms with van der Waals surface area (Å²) in [5.41, 5.74) is -0.424. The molecule has 3 N–H and O–H groups in total. The third-order valence-electron chi connectivity index (χ3n) is 3.49. The molecule has 2 rings (SSSR count). The molecule has 1 aliphatic carbocycles. The van der Waals surface area contributed by atoms with E-state index in [1.165, 1.54) is 24.6 Å². The van der Waals surface area contributed by atoms with Crippen molar-refractivity contribution in [2.24, 2.45) is 0 Å². The van der Waals surface area contributed by atoms with Gasteiger partial charge in [-0.05, 0) is 18.9 Å². The normalized spacial score (nSPS) is 16.2. The lowest BCUT2D eigenvalue weighted by Gasteiger charge is -2.23. The first-order chi connectivity index (χ1) is 9.09. The van der Waals surface area contributed by atoms with Crippen molar-refractivity contribution in [1.29, 1.82) is 0 Å². The van der Waals surface area contributed by atoms with E-state index in [0.29, 0.717) is 0 Å². The largest absolute Gasteiger partial charge is 0.491 e. The molecular formula is C13H17BFNO3. The fourth-order valence-corrected chi connectivity index (χ4v) is 2.43. The lowest BCUT2D eigenvalue weighted by atomic mass is 9.79. The maximum absolute atomic E-state index is 13.9. The zero-order chi connectivity index (χ0) is 13.8. The Bertz CT molecular complexity index is 461. The van der Waals surface area contributed by atoms with Crippen molar-refractivity contribution in [3.8, 4) is 0 Å². The summed E-state index contributed by atoms with van der Waals surface area (Å²) in [6.07, 6.45) is 5.14. The van der Waals surface area contributed by atoms with Crippen LogP contribution in [0.4, 0.5) is 4.39 Å². The van der Waals surface area contributed by atoms with Gasteiger partial charge in [-0.2, -0.15) is 0 Å². The molecule has 1 aromatic carbocycles. The van der Waals surface area contributed by atoms with Gasteiger partial charge in [-0.1, -0.05) is 31.4 Å². The predicted molar refractivity (Wildman–Crippen MR) is 70.6 cm³/mol. The van der Waals surface area contributed by atoms with E-state index in [2.05, 4.69) is 5.32 Å². The molecule has 1 amide bonds. The highest BCUT2D eigenvalue weighted by atomic mass is 19.1. The summed E-state index contributed by atoms with van der Waals surface area (Å²) in [4.78, 5) is 12.0. The van der Waals surface area contributed by atoms with Crippen LogP contribution >= 0.6 is 0 Å². The first-order valence-corrected chi connectivity index (χ1v) is 6.55. The second kappa shape index (κ2) is 6.17. The van der Waals surface area contributed by atoms with Crippen LogP contribution in [0.15, 0.2) is 18.2 Å². The zero-order valence-corrected chi connectivity index (χ0v) is 10.6. The molecule has 0 unspecified atom stereocenters. The Hall–Kier alpha value is -1.40. The summed E-state index contributed by atoms with van der Waals surface area (Å²) in [7, 11) is -1.91. The third-order valence-corrected chi connectivity index (χ3v) is 3.49. The molecule has 0 spiro atoms. The van der Waals surface area contributed by atoms with E-state index in [-0.39, 0.29) is 17.1 Å². The van der Waals surface area contributed by atoms with Gasteiger partial charge in [0.15, 0.2) is 0 Å². The number of carbonyl (C=O) groups excluding carboxylic acids is 1. The van der Waals surface area contributed by atoms with Gasteiger partial charge in [0, 0.05) is 11.5 Å². The van der Waals surface area contributed by atoms with E-state index >= 15 is 0 Å². The van der Waals surface area contributed by atoms with E-state index in [1.807, 2.05) is 0 Å². The van der Waals surface area contributed by atoms with E-state index < -0.39 is 18.8 Å². The summed E-state index contributed by atoms with van der Waals surface area (Å²) < 4.78 is 13.9. The molecular weight excluding hydrogens is 248 g/mol. The fourth-order valence-electron chi connectivity index (χ4n) is 2.43. The first-order valence-electron chi connectivity index (χ1n) is 6.55. The quantitative estimate of drug-likeness (QED) is 0.700. The number of amides is 1. The number of rotatable bonds is 3. The molecule has 102 valence electrons. The Morgan fingerprint density at radius 2 is 1.95 bits per heavy atom. The Morgan fingerprint density at radius 3 is 2.58 bits per heavy atom. The van der Waals surface area contributed by atoms with Crippen molar-refractivity contribution < 1.29 is 19.2 Å². The molecule has 1 aromatic rings. The Morgan fingerprint density at radius 1 is 1.26 bits per heavy atom. The van der Waals surface area contributed by atoms with Crippen molar-refractivity contribution in [1.82, 2.24) is 5.32 Å². The van der Waals surface area contributed by atoms with Crippen LogP contribution in [0.5, 0.6) is 0 Å². The van der Waals surface area contributed by atoms with Crippen LogP contribution in [0.25, 0.3) is 0 Å². The van der Waals surface area contributed by atoms with Crippen molar-refractivity contribution in [2.75, 3.05) is 0 Å².